The van der Waals surface area contributed by atoms with E-state index in [2.05, 4.69) is 16.9 Å². The van der Waals surface area contributed by atoms with Gasteiger partial charge in [-0.05, 0) is 25.1 Å². The predicted molar refractivity (Wildman–Crippen MR) is 73.5 cm³/mol. The molecule has 0 saturated carbocycles. The summed E-state index contributed by atoms with van der Waals surface area (Å²) in [6, 6.07) is 3.42. The van der Waals surface area contributed by atoms with Crippen LogP contribution in [0.25, 0.3) is 0 Å². The van der Waals surface area contributed by atoms with Crippen LogP contribution in [0.15, 0.2) is 31.0 Å². The van der Waals surface area contributed by atoms with Crippen LogP contribution < -0.4 is 5.32 Å². The minimum absolute atomic E-state index is 0.00813. The number of rotatable bonds is 6. The summed E-state index contributed by atoms with van der Waals surface area (Å²) in [7, 11) is 0. The molecule has 0 unspecified atom stereocenters. The highest BCUT2D eigenvalue weighted by atomic mass is 35.5. The average Bonchev–Trinajstić information content (AvgIpc) is 2.43. The molecule has 0 aliphatic heterocycles. The molecule has 0 aliphatic carbocycles. The average molecular weight is 282 g/mol. The van der Waals surface area contributed by atoms with Gasteiger partial charge < -0.3 is 10.2 Å². The Morgan fingerprint density at radius 2 is 2.32 bits per heavy atom. The van der Waals surface area contributed by atoms with Crippen LogP contribution in [0.3, 0.4) is 0 Å². The first-order valence-corrected chi connectivity index (χ1v) is 6.23. The van der Waals surface area contributed by atoms with E-state index >= 15 is 0 Å². The second-order valence-corrected chi connectivity index (χ2v) is 4.17. The Hall–Kier alpha value is -1.88. The maximum atomic E-state index is 11.7. The molecule has 19 heavy (non-hydrogen) atoms. The Balaban J connectivity index is 2.50. The number of carbonyl (C=O) groups is 2. The lowest BCUT2D eigenvalue weighted by Gasteiger charge is -2.18. The maximum absolute atomic E-state index is 11.7. The Morgan fingerprint density at radius 1 is 1.58 bits per heavy atom. The van der Waals surface area contributed by atoms with E-state index in [-0.39, 0.29) is 24.9 Å². The third-order valence-electron chi connectivity index (χ3n) is 2.49. The molecule has 0 spiro atoms. The van der Waals surface area contributed by atoms with E-state index < -0.39 is 0 Å². The Morgan fingerprint density at radius 3 is 2.89 bits per heavy atom. The van der Waals surface area contributed by atoms with Crippen molar-refractivity contribution in [2.75, 3.05) is 13.1 Å². The van der Waals surface area contributed by atoms with Gasteiger partial charge in [0, 0.05) is 12.7 Å². The first kappa shape index (κ1) is 15.2. The van der Waals surface area contributed by atoms with E-state index in [9.17, 15) is 9.59 Å². The van der Waals surface area contributed by atoms with Gasteiger partial charge in [0.1, 0.15) is 0 Å². The molecule has 1 N–H and O–H groups in total. The second kappa shape index (κ2) is 7.53. The van der Waals surface area contributed by atoms with E-state index in [1.165, 1.54) is 11.0 Å². The predicted octanol–water partition coefficient (Wildman–Crippen LogP) is 1.39. The van der Waals surface area contributed by atoms with Gasteiger partial charge in [-0.2, -0.15) is 0 Å². The van der Waals surface area contributed by atoms with Crippen LogP contribution in [0.2, 0.25) is 5.02 Å². The van der Waals surface area contributed by atoms with Crippen molar-refractivity contribution >= 4 is 23.4 Å². The number of aromatic nitrogens is 1. The van der Waals surface area contributed by atoms with E-state index in [0.29, 0.717) is 17.3 Å². The summed E-state index contributed by atoms with van der Waals surface area (Å²) in [5, 5.41) is 3.17. The van der Waals surface area contributed by atoms with Crippen LogP contribution in [0, 0.1) is 0 Å². The molecule has 0 radical (unpaired) electrons. The molecule has 1 rings (SSSR count). The zero-order chi connectivity index (χ0) is 14.3. The number of halogens is 1. The van der Waals surface area contributed by atoms with Gasteiger partial charge in [-0.15, -0.1) is 0 Å². The summed E-state index contributed by atoms with van der Waals surface area (Å²) in [6.45, 7) is 5.86. The molecule has 2 amide bonds. The first-order chi connectivity index (χ1) is 9.08. The van der Waals surface area contributed by atoms with Gasteiger partial charge in [-0.1, -0.05) is 18.2 Å². The molecule has 102 valence electrons. The standard InChI is InChI=1S/C13H16ClN3O2/c1-3-13(19)17(4-2)9-12(18)16-8-11-10(14)6-5-7-15-11/h3,5-7H,1,4,8-9H2,2H3,(H,16,18). The lowest BCUT2D eigenvalue weighted by molar-refractivity contribution is -0.132. The van der Waals surface area contributed by atoms with Gasteiger partial charge in [-0.3, -0.25) is 14.6 Å². The van der Waals surface area contributed by atoms with Crippen molar-refractivity contribution < 1.29 is 9.59 Å². The van der Waals surface area contributed by atoms with Crippen LogP contribution in [-0.2, 0) is 16.1 Å². The van der Waals surface area contributed by atoms with E-state index in [1.807, 2.05) is 0 Å². The molecular formula is C13H16ClN3O2. The molecule has 5 nitrogen and oxygen atoms in total. The largest absolute Gasteiger partial charge is 0.349 e. The highest BCUT2D eigenvalue weighted by Crippen LogP contribution is 2.11. The molecule has 0 saturated heterocycles. The van der Waals surface area contributed by atoms with Crippen molar-refractivity contribution in [1.29, 1.82) is 0 Å². The van der Waals surface area contributed by atoms with E-state index in [0.717, 1.165) is 0 Å². The zero-order valence-corrected chi connectivity index (χ0v) is 11.5. The molecular weight excluding hydrogens is 266 g/mol. The van der Waals surface area contributed by atoms with Gasteiger partial charge in [-0.25, -0.2) is 0 Å². The number of nitrogens with zero attached hydrogens (tertiary/aromatic N) is 2. The van der Waals surface area contributed by atoms with Crippen molar-refractivity contribution in [1.82, 2.24) is 15.2 Å². The lowest BCUT2D eigenvalue weighted by atomic mass is 10.3. The summed E-state index contributed by atoms with van der Waals surface area (Å²) in [5.74, 6) is -0.535. The number of hydrogen-bond acceptors (Lipinski definition) is 3. The third-order valence-corrected chi connectivity index (χ3v) is 2.83. The summed E-state index contributed by atoms with van der Waals surface area (Å²) < 4.78 is 0. The van der Waals surface area contributed by atoms with Gasteiger partial charge in [0.05, 0.1) is 23.8 Å². The molecule has 0 aliphatic rings. The second-order valence-electron chi connectivity index (χ2n) is 3.77. The normalized spacial score (nSPS) is 9.79. The summed E-state index contributed by atoms with van der Waals surface area (Å²) in [5.41, 5.74) is 0.593. The Bertz CT molecular complexity index is 477. The Kier molecular flexibility index (Phi) is 6.02. The maximum Gasteiger partial charge on any atom is 0.246 e. The fourth-order valence-corrected chi connectivity index (χ4v) is 1.62. The van der Waals surface area contributed by atoms with Crippen LogP contribution in [0.5, 0.6) is 0 Å². The van der Waals surface area contributed by atoms with Crippen LogP contribution >= 0.6 is 11.6 Å². The minimum atomic E-state index is -0.270. The van der Waals surface area contributed by atoms with Crippen molar-refractivity contribution in [2.24, 2.45) is 0 Å². The van der Waals surface area contributed by atoms with Crippen molar-refractivity contribution in [2.45, 2.75) is 13.5 Å². The number of carbonyl (C=O) groups excluding carboxylic acids is 2. The van der Waals surface area contributed by atoms with Crippen LogP contribution in [-0.4, -0.2) is 34.8 Å². The first-order valence-electron chi connectivity index (χ1n) is 5.86. The van der Waals surface area contributed by atoms with Gasteiger partial charge >= 0.3 is 0 Å². The van der Waals surface area contributed by atoms with E-state index in [4.69, 9.17) is 11.6 Å². The number of pyridine rings is 1. The minimum Gasteiger partial charge on any atom is -0.349 e. The number of amides is 2. The van der Waals surface area contributed by atoms with Crippen LogP contribution in [0.4, 0.5) is 0 Å². The molecule has 1 aromatic heterocycles. The van der Waals surface area contributed by atoms with E-state index in [1.54, 1.807) is 25.3 Å². The Labute approximate surface area is 117 Å². The van der Waals surface area contributed by atoms with Crippen molar-refractivity contribution in [3.8, 4) is 0 Å². The lowest BCUT2D eigenvalue weighted by Crippen LogP contribution is -2.39. The number of hydrogen-bond donors (Lipinski definition) is 1. The summed E-state index contributed by atoms with van der Waals surface area (Å²) >= 11 is 5.92. The SMILES string of the molecule is C=CC(=O)N(CC)CC(=O)NCc1ncccc1Cl. The molecule has 1 heterocycles. The molecule has 1 aromatic rings. The number of likely N-dealkylation sites (N-methyl/N-ethyl adjacent to an activating group) is 1. The molecule has 0 bridgehead atoms. The van der Waals surface area contributed by atoms with Gasteiger partial charge in [0.15, 0.2) is 0 Å². The number of nitrogens with one attached hydrogen (secondary N) is 1. The topological polar surface area (TPSA) is 62.3 Å². The van der Waals surface area contributed by atoms with Crippen molar-refractivity contribution in [3.63, 3.8) is 0 Å². The monoisotopic (exact) mass is 281 g/mol. The molecule has 0 atom stereocenters. The summed E-state index contributed by atoms with van der Waals surface area (Å²) in [6.07, 6.45) is 2.79. The molecule has 6 heteroatoms. The van der Waals surface area contributed by atoms with Crippen molar-refractivity contribution in [3.05, 3.63) is 41.7 Å². The fraction of sp³-hybridized carbons (Fsp3) is 0.308. The fourth-order valence-electron chi connectivity index (χ4n) is 1.43. The quantitative estimate of drug-likeness (QED) is 0.802. The highest BCUT2D eigenvalue weighted by molar-refractivity contribution is 6.31. The van der Waals surface area contributed by atoms with Crippen LogP contribution in [0.1, 0.15) is 12.6 Å². The third kappa shape index (κ3) is 4.71. The highest BCUT2D eigenvalue weighted by Gasteiger charge is 2.12. The zero-order valence-electron chi connectivity index (χ0n) is 10.7. The summed E-state index contributed by atoms with van der Waals surface area (Å²) in [4.78, 5) is 28.6. The molecule has 0 aromatic carbocycles. The van der Waals surface area contributed by atoms with Gasteiger partial charge in [0.2, 0.25) is 11.8 Å². The van der Waals surface area contributed by atoms with Gasteiger partial charge in [0.25, 0.3) is 0 Å². The molecule has 0 fully saturated rings. The smallest absolute Gasteiger partial charge is 0.246 e.